The number of hydrogen-bond acceptors (Lipinski definition) is 1. The second kappa shape index (κ2) is 6.44. The van der Waals surface area contributed by atoms with Gasteiger partial charge in [-0.2, -0.15) is 0 Å². The number of carbonyl (C=O) groups is 1. The molecule has 1 aromatic rings. The van der Waals surface area contributed by atoms with Crippen LogP contribution in [-0.4, -0.2) is 5.78 Å². The van der Waals surface area contributed by atoms with Crippen molar-refractivity contribution < 1.29 is 9.18 Å². The highest BCUT2D eigenvalue weighted by atomic mass is 35.5. The Balaban J connectivity index is 2.52. The second-order valence-corrected chi connectivity index (χ2v) is 4.04. The molecule has 0 aromatic heterocycles. The summed E-state index contributed by atoms with van der Waals surface area (Å²) in [6.07, 6.45) is 4.22. The second-order valence-electron chi connectivity index (χ2n) is 3.63. The van der Waals surface area contributed by atoms with E-state index in [0.717, 1.165) is 12.8 Å². The van der Waals surface area contributed by atoms with Gasteiger partial charge in [0, 0.05) is 17.9 Å². The van der Waals surface area contributed by atoms with Gasteiger partial charge in [0.1, 0.15) is 11.6 Å². The molecule has 0 unspecified atom stereocenters. The summed E-state index contributed by atoms with van der Waals surface area (Å²) in [7, 11) is 0. The first-order valence-corrected chi connectivity index (χ1v) is 5.58. The molecule has 0 amide bonds. The Morgan fingerprint density at radius 2 is 2.25 bits per heavy atom. The molecule has 86 valence electrons. The molecular weight excluding hydrogens is 227 g/mol. The number of allylic oxidation sites excluding steroid dienone is 1. The normalized spacial score (nSPS) is 10.1. The zero-order valence-corrected chi connectivity index (χ0v) is 9.77. The average Bonchev–Trinajstić information content (AvgIpc) is 2.23. The SMILES string of the molecule is C=CCCCC(=O)Cc1ccc(F)cc1Cl. The van der Waals surface area contributed by atoms with Gasteiger partial charge in [-0.25, -0.2) is 4.39 Å². The molecule has 1 aromatic carbocycles. The maximum Gasteiger partial charge on any atom is 0.137 e. The van der Waals surface area contributed by atoms with Gasteiger partial charge in [-0.05, 0) is 30.5 Å². The van der Waals surface area contributed by atoms with Gasteiger partial charge < -0.3 is 0 Å². The van der Waals surface area contributed by atoms with Gasteiger partial charge >= 0.3 is 0 Å². The van der Waals surface area contributed by atoms with Gasteiger partial charge in [-0.15, -0.1) is 6.58 Å². The van der Waals surface area contributed by atoms with Crippen molar-refractivity contribution >= 4 is 17.4 Å². The number of Topliss-reactive ketones (excluding diaryl/α,β-unsaturated/α-hetero) is 1. The molecule has 0 atom stereocenters. The molecule has 3 heteroatoms. The lowest BCUT2D eigenvalue weighted by molar-refractivity contribution is -0.118. The Labute approximate surface area is 99.9 Å². The minimum Gasteiger partial charge on any atom is -0.299 e. The summed E-state index contributed by atoms with van der Waals surface area (Å²) in [5, 5.41) is 0.317. The smallest absolute Gasteiger partial charge is 0.137 e. The van der Waals surface area contributed by atoms with Crippen molar-refractivity contribution in [2.45, 2.75) is 25.7 Å². The number of hydrogen-bond donors (Lipinski definition) is 0. The fourth-order valence-electron chi connectivity index (χ4n) is 1.41. The van der Waals surface area contributed by atoms with Crippen LogP contribution in [0, 0.1) is 5.82 Å². The van der Waals surface area contributed by atoms with E-state index in [4.69, 9.17) is 11.6 Å². The molecule has 1 nitrogen and oxygen atoms in total. The summed E-state index contributed by atoms with van der Waals surface area (Å²) >= 11 is 5.83. The van der Waals surface area contributed by atoms with E-state index < -0.39 is 0 Å². The molecule has 0 spiro atoms. The van der Waals surface area contributed by atoms with Crippen molar-refractivity contribution in [1.82, 2.24) is 0 Å². The molecule has 0 aliphatic rings. The monoisotopic (exact) mass is 240 g/mol. The highest BCUT2D eigenvalue weighted by Gasteiger charge is 2.07. The lowest BCUT2D eigenvalue weighted by Crippen LogP contribution is -2.03. The van der Waals surface area contributed by atoms with Crippen LogP contribution in [0.4, 0.5) is 4.39 Å². The quantitative estimate of drug-likeness (QED) is 0.544. The molecule has 0 saturated carbocycles. The third-order valence-corrected chi connectivity index (χ3v) is 2.62. The number of rotatable bonds is 6. The van der Waals surface area contributed by atoms with E-state index in [1.165, 1.54) is 12.1 Å². The zero-order valence-electron chi connectivity index (χ0n) is 9.01. The van der Waals surface area contributed by atoms with Crippen LogP contribution >= 0.6 is 11.6 Å². The number of benzene rings is 1. The standard InChI is InChI=1S/C13H14ClFO/c1-2-3-4-5-12(16)8-10-6-7-11(15)9-13(10)14/h2,6-7,9H,1,3-5,8H2. The third kappa shape index (κ3) is 4.15. The highest BCUT2D eigenvalue weighted by Crippen LogP contribution is 2.18. The molecule has 0 aliphatic heterocycles. The van der Waals surface area contributed by atoms with Gasteiger partial charge in [-0.3, -0.25) is 4.79 Å². The zero-order chi connectivity index (χ0) is 12.0. The summed E-state index contributed by atoms with van der Waals surface area (Å²) in [5.74, 6) is -0.261. The van der Waals surface area contributed by atoms with Gasteiger partial charge in [0.2, 0.25) is 0 Å². The minimum absolute atomic E-state index is 0.121. The summed E-state index contributed by atoms with van der Waals surface area (Å²) in [5.41, 5.74) is 0.687. The maximum atomic E-state index is 12.8. The van der Waals surface area contributed by atoms with Gasteiger partial charge in [-0.1, -0.05) is 23.7 Å². The van der Waals surface area contributed by atoms with Crippen LogP contribution in [0.1, 0.15) is 24.8 Å². The van der Waals surface area contributed by atoms with E-state index in [9.17, 15) is 9.18 Å². The van der Waals surface area contributed by atoms with Crippen LogP contribution in [0.2, 0.25) is 5.02 Å². The van der Waals surface area contributed by atoms with Crippen molar-refractivity contribution in [2.75, 3.05) is 0 Å². The fourth-order valence-corrected chi connectivity index (χ4v) is 1.64. The van der Waals surface area contributed by atoms with Gasteiger partial charge in [0.05, 0.1) is 0 Å². The molecular formula is C13H14ClFO. The van der Waals surface area contributed by atoms with Crippen LogP contribution in [0.15, 0.2) is 30.9 Å². The number of halogens is 2. The molecule has 0 aliphatic carbocycles. The number of unbranched alkanes of at least 4 members (excludes halogenated alkanes) is 1. The summed E-state index contributed by atoms with van der Waals surface area (Å²) < 4.78 is 12.8. The van der Waals surface area contributed by atoms with Crippen molar-refractivity contribution in [3.8, 4) is 0 Å². The lowest BCUT2D eigenvalue weighted by atomic mass is 10.0. The summed E-state index contributed by atoms with van der Waals surface area (Å²) in [4.78, 5) is 11.5. The van der Waals surface area contributed by atoms with Crippen molar-refractivity contribution in [3.05, 3.63) is 47.3 Å². The summed E-state index contributed by atoms with van der Waals surface area (Å²) in [6.45, 7) is 3.59. The minimum atomic E-state index is -0.382. The van der Waals surface area contributed by atoms with Gasteiger partial charge in [0.25, 0.3) is 0 Å². The van der Waals surface area contributed by atoms with Crippen LogP contribution in [0.5, 0.6) is 0 Å². The van der Waals surface area contributed by atoms with Crippen molar-refractivity contribution in [2.24, 2.45) is 0 Å². The van der Waals surface area contributed by atoms with Crippen molar-refractivity contribution in [1.29, 1.82) is 0 Å². The molecule has 0 radical (unpaired) electrons. The molecule has 1 rings (SSSR count). The third-order valence-electron chi connectivity index (χ3n) is 2.27. The van der Waals surface area contributed by atoms with E-state index in [0.29, 0.717) is 17.0 Å². The highest BCUT2D eigenvalue weighted by molar-refractivity contribution is 6.31. The fraction of sp³-hybridized carbons (Fsp3) is 0.308. The lowest BCUT2D eigenvalue weighted by Gasteiger charge is -2.03. The summed E-state index contributed by atoms with van der Waals surface area (Å²) in [6, 6.07) is 4.11. The maximum absolute atomic E-state index is 12.8. The molecule has 0 saturated heterocycles. The van der Waals surface area contributed by atoms with E-state index in [1.807, 2.05) is 0 Å². The largest absolute Gasteiger partial charge is 0.299 e. The molecule has 0 fully saturated rings. The Bertz CT molecular complexity index is 388. The van der Waals surface area contributed by atoms with Crippen LogP contribution in [0.25, 0.3) is 0 Å². The van der Waals surface area contributed by atoms with E-state index in [1.54, 1.807) is 12.1 Å². The Hall–Kier alpha value is -1.15. The number of ketones is 1. The van der Waals surface area contributed by atoms with Crippen LogP contribution in [0.3, 0.4) is 0 Å². The predicted octanol–water partition coefficient (Wildman–Crippen LogP) is 3.95. The van der Waals surface area contributed by atoms with Gasteiger partial charge in [0.15, 0.2) is 0 Å². The molecule has 0 N–H and O–H groups in total. The average molecular weight is 241 g/mol. The molecule has 0 heterocycles. The Kier molecular flexibility index (Phi) is 5.20. The van der Waals surface area contributed by atoms with E-state index in [-0.39, 0.29) is 18.0 Å². The first-order chi connectivity index (χ1) is 7.63. The Morgan fingerprint density at radius 1 is 1.50 bits per heavy atom. The molecule has 0 bridgehead atoms. The van der Waals surface area contributed by atoms with E-state index in [2.05, 4.69) is 6.58 Å². The molecule has 16 heavy (non-hydrogen) atoms. The van der Waals surface area contributed by atoms with Crippen LogP contribution in [-0.2, 0) is 11.2 Å². The van der Waals surface area contributed by atoms with Crippen molar-refractivity contribution in [3.63, 3.8) is 0 Å². The predicted molar refractivity (Wildman–Crippen MR) is 64.2 cm³/mol. The number of carbonyl (C=O) groups excluding carboxylic acids is 1. The Morgan fingerprint density at radius 3 is 2.88 bits per heavy atom. The topological polar surface area (TPSA) is 17.1 Å². The van der Waals surface area contributed by atoms with Crippen LogP contribution < -0.4 is 0 Å². The van der Waals surface area contributed by atoms with E-state index >= 15 is 0 Å². The first kappa shape index (κ1) is 12.9. The first-order valence-electron chi connectivity index (χ1n) is 5.20.